The number of halogens is 1. The summed E-state index contributed by atoms with van der Waals surface area (Å²) in [6.07, 6.45) is 0. The fourth-order valence-electron chi connectivity index (χ4n) is 1.98. The summed E-state index contributed by atoms with van der Waals surface area (Å²) >= 11 is 4.98. The minimum atomic E-state index is -0.745. The van der Waals surface area contributed by atoms with Gasteiger partial charge in [-0.3, -0.25) is 4.79 Å². The van der Waals surface area contributed by atoms with Crippen LogP contribution in [0, 0.1) is 12.7 Å². The van der Waals surface area contributed by atoms with Gasteiger partial charge in [0.05, 0.1) is 4.99 Å². The van der Waals surface area contributed by atoms with E-state index < -0.39 is 5.92 Å². The zero-order valence-corrected chi connectivity index (χ0v) is 12.3. The molecule has 2 aromatic rings. The fourth-order valence-corrected chi connectivity index (χ4v) is 2.22. The molecule has 21 heavy (non-hydrogen) atoms. The van der Waals surface area contributed by atoms with E-state index in [-0.39, 0.29) is 16.7 Å². The molecule has 1 atom stereocenters. The Hall–Kier alpha value is -2.27. The van der Waals surface area contributed by atoms with Crippen LogP contribution in [-0.2, 0) is 4.79 Å². The van der Waals surface area contributed by atoms with Gasteiger partial charge in [-0.15, -0.1) is 0 Å². The smallest absolute Gasteiger partial charge is 0.238 e. The van der Waals surface area contributed by atoms with Crippen LogP contribution in [0.15, 0.2) is 48.5 Å². The maximum atomic E-state index is 13.5. The van der Waals surface area contributed by atoms with Crippen molar-refractivity contribution in [3.8, 4) is 0 Å². The van der Waals surface area contributed by atoms with E-state index in [0.717, 1.165) is 0 Å². The molecule has 0 radical (unpaired) electrons. The summed E-state index contributed by atoms with van der Waals surface area (Å²) in [5.74, 6) is -1.50. The number of thiocarbonyl (C=S) groups is 1. The summed E-state index contributed by atoms with van der Waals surface area (Å²) in [7, 11) is 0. The lowest BCUT2D eigenvalue weighted by Gasteiger charge is -2.16. The van der Waals surface area contributed by atoms with Crippen molar-refractivity contribution >= 4 is 28.8 Å². The minimum absolute atomic E-state index is 0.0753. The maximum absolute atomic E-state index is 13.5. The molecule has 2 aromatic carbocycles. The normalized spacial score (nSPS) is 11.7. The Morgan fingerprint density at radius 1 is 1.24 bits per heavy atom. The third kappa shape index (κ3) is 3.64. The molecule has 108 valence electrons. The van der Waals surface area contributed by atoms with Crippen molar-refractivity contribution in [2.45, 2.75) is 12.8 Å². The van der Waals surface area contributed by atoms with Crippen molar-refractivity contribution in [3.05, 3.63) is 65.5 Å². The van der Waals surface area contributed by atoms with E-state index in [1.165, 1.54) is 6.07 Å². The van der Waals surface area contributed by atoms with Crippen molar-refractivity contribution in [2.75, 3.05) is 5.32 Å². The van der Waals surface area contributed by atoms with Crippen LogP contribution in [0.1, 0.15) is 17.0 Å². The number of nitrogens with two attached hydrogens (primary N) is 1. The van der Waals surface area contributed by atoms with Gasteiger partial charge in [-0.2, -0.15) is 0 Å². The number of carbonyl (C=O) groups excluding carboxylic acids is 1. The maximum Gasteiger partial charge on any atom is 0.238 e. The summed E-state index contributed by atoms with van der Waals surface area (Å²) in [4.78, 5) is 12.4. The van der Waals surface area contributed by atoms with Gasteiger partial charge >= 0.3 is 0 Å². The predicted octanol–water partition coefficient (Wildman–Crippen LogP) is 3.14. The van der Waals surface area contributed by atoms with Crippen LogP contribution in [0.2, 0.25) is 0 Å². The second-order valence-electron chi connectivity index (χ2n) is 4.70. The summed E-state index contributed by atoms with van der Waals surface area (Å²) in [6, 6.07) is 13.5. The molecule has 0 aliphatic rings. The standard InChI is InChI=1S/C16H15FN2OS/c1-10-7-8-12(9-13(10)17)19-16(20)14(15(18)21)11-5-3-2-4-6-11/h2-9,14H,1H3,(H2,18,21)(H,19,20). The Labute approximate surface area is 128 Å². The Balaban J connectivity index is 2.24. The quantitative estimate of drug-likeness (QED) is 0.853. The molecule has 0 aliphatic carbocycles. The van der Waals surface area contributed by atoms with Gasteiger partial charge in [-0.1, -0.05) is 48.6 Å². The number of anilines is 1. The third-order valence-electron chi connectivity index (χ3n) is 3.12. The van der Waals surface area contributed by atoms with Crippen LogP contribution in [0.3, 0.4) is 0 Å². The van der Waals surface area contributed by atoms with Gasteiger partial charge in [0.1, 0.15) is 11.7 Å². The second-order valence-corrected chi connectivity index (χ2v) is 5.17. The molecule has 0 aliphatic heterocycles. The monoisotopic (exact) mass is 302 g/mol. The fraction of sp³-hybridized carbons (Fsp3) is 0.125. The average Bonchev–Trinajstić information content (AvgIpc) is 2.44. The molecule has 0 heterocycles. The molecule has 0 saturated carbocycles. The number of benzene rings is 2. The first kappa shape index (κ1) is 15.1. The summed E-state index contributed by atoms with van der Waals surface area (Å²) in [6.45, 7) is 1.66. The van der Waals surface area contributed by atoms with Gasteiger partial charge < -0.3 is 11.1 Å². The molecule has 3 N–H and O–H groups in total. The Kier molecular flexibility index (Phi) is 4.65. The lowest BCUT2D eigenvalue weighted by Crippen LogP contribution is -2.31. The second kappa shape index (κ2) is 6.45. The highest BCUT2D eigenvalue weighted by Crippen LogP contribution is 2.20. The van der Waals surface area contributed by atoms with Crippen LogP contribution >= 0.6 is 12.2 Å². The predicted molar refractivity (Wildman–Crippen MR) is 85.7 cm³/mol. The highest BCUT2D eigenvalue weighted by molar-refractivity contribution is 7.80. The van der Waals surface area contributed by atoms with E-state index in [4.69, 9.17) is 18.0 Å². The van der Waals surface area contributed by atoms with Gasteiger partial charge in [-0.05, 0) is 30.2 Å². The van der Waals surface area contributed by atoms with E-state index >= 15 is 0 Å². The lowest BCUT2D eigenvalue weighted by molar-refractivity contribution is -0.116. The van der Waals surface area contributed by atoms with E-state index in [2.05, 4.69) is 5.32 Å². The highest BCUT2D eigenvalue weighted by Gasteiger charge is 2.23. The number of amides is 1. The molecule has 0 aromatic heterocycles. The van der Waals surface area contributed by atoms with Gasteiger partial charge in [0, 0.05) is 5.69 Å². The van der Waals surface area contributed by atoms with Crippen molar-refractivity contribution < 1.29 is 9.18 Å². The highest BCUT2D eigenvalue weighted by atomic mass is 32.1. The van der Waals surface area contributed by atoms with Crippen LogP contribution in [0.4, 0.5) is 10.1 Å². The van der Waals surface area contributed by atoms with Gasteiger partial charge in [-0.25, -0.2) is 4.39 Å². The zero-order valence-electron chi connectivity index (χ0n) is 11.5. The van der Waals surface area contributed by atoms with Gasteiger partial charge in [0.25, 0.3) is 0 Å². The van der Waals surface area contributed by atoms with E-state index in [1.807, 2.05) is 6.07 Å². The average molecular weight is 302 g/mol. The first-order valence-electron chi connectivity index (χ1n) is 6.40. The van der Waals surface area contributed by atoms with Gasteiger partial charge in [0.2, 0.25) is 5.91 Å². The number of hydrogen-bond acceptors (Lipinski definition) is 2. The van der Waals surface area contributed by atoms with Crippen molar-refractivity contribution in [1.29, 1.82) is 0 Å². The molecule has 1 amide bonds. The Bertz CT molecular complexity index is 673. The Morgan fingerprint density at radius 2 is 1.90 bits per heavy atom. The minimum Gasteiger partial charge on any atom is -0.392 e. The molecule has 0 fully saturated rings. The largest absolute Gasteiger partial charge is 0.392 e. The lowest BCUT2D eigenvalue weighted by atomic mass is 9.98. The van der Waals surface area contributed by atoms with Crippen LogP contribution in [-0.4, -0.2) is 10.9 Å². The summed E-state index contributed by atoms with van der Waals surface area (Å²) < 4.78 is 13.5. The molecular weight excluding hydrogens is 287 g/mol. The SMILES string of the molecule is Cc1ccc(NC(=O)C(C(N)=S)c2ccccc2)cc1F. The zero-order chi connectivity index (χ0) is 15.4. The molecular formula is C16H15FN2OS. The van der Waals surface area contributed by atoms with E-state index in [0.29, 0.717) is 16.8 Å². The topological polar surface area (TPSA) is 55.1 Å². The molecule has 5 heteroatoms. The van der Waals surface area contributed by atoms with E-state index in [1.54, 1.807) is 43.3 Å². The van der Waals surface area contributed by atoms with E-state index in [9.17, 15) is 9.18 Å². The molecule has 2 rings (SSSR count). The molecule has 0 bridgehead atoms. The Morgan fingerprint density at radius 3 is 2.48 bits per heavy atom. The molecule has 0 spiro atoms. The number of aryl methyl sites for hydroxylation is 1. The van der Waals surface area contributed by atoms with Crippen molar-refractivity contribution in [2.24, 2.45) is 5.73 Å². The molecule has 3 nitrogen and oxygen atoms in total. The molecule has 1 unspecified atom stereocenters. The van der Waals surface area contributed by atoms with Crippen LogP contribution in [0.25, 0.3) is 0 Å². The number of nitrogens with one attached hydrogen (secondary N) is 1. The van der Waals surface area contributed by atoms with Crippen molar-refractivity contribution in [1.82, 2.24) is 0 Å². The first-order chi connectivity index (χ1) is 9.99. The third-order valence-corrected chi connectivity index (χ3v) is 3.35. The molecule has 0 saturated heterocycles. The van der Waals surface area contributed by atoms with Gasteiger partial charge in [0.15, 0.2) is 0 Å². The van der Waals surface area contributed by atoms with Crippen LogP contribution < -0.4 is 11.1 Å². The number of hydrogen-bond donors (Lipinski definition) is 2. The summed E-state index contributed by atoms with van der Waals surface area (Å²) in [5, 5.41) is 2.64. The van der Waals surface area contributed by atoms with Crippen LogP contribution in [0.5, 0.6) is 0 Å². The summed E-state index contributed by atoms with van der Waals surface area (Å²) in [5.41, 5.74) is 7.27. The first-order valence-corrected chi connectivity index (χ1v) is 6.81. The van der Waals surface area contributed by atoms with Crippen molar-refractivity contribution in [3.63, 3.8) is 0 Å². The number of rotatable bonds is 4. The number of carbonyl (C=O) groups is 1.